The standard InChI is InChI=1S/C23H23Cl2N4O3/c1-14-13-28(20-9-8-16(27(3)31)12-19(20)25)10-11-29(14)23(30)21-15(2)32-26-22(21)17-6-4-5-7-18(17)24/h4-9,12,14H,10-11,13H2,1-3H3/q+1. The first-order chi connectivity index (χ1) is 15.3. The van der Waals surface area contributed by atoms with Gasteiger partial charge in [-0.05, 0) is 26.0 Å². The number of carbonyl (C=O) groups excluding carboxylic acids is 1. The summed E-state index contributed by atoms with van der Waals surface area (Å²) in [5.74, 6) is 0.320. The van der Waals surface area contributed by atoms with Gasteiger partial charge in [0, 0.05) is 53.0 Å². The number of piperazine rings is 1. The van der Waals surface area contributed by atoms with Crippen LogP contribution in [0.5, 0.6) is 0 Å². The molecule has 1 saturated heterocycles. The van der Waals surface area contributed by atoms with Crippen LogP contribution < -0.4 is 4.90 Å². The van der Waals surface area contributed by atoms with Gasteiger partial charge >= 0.3 is 0 Å². The quantitative estimate of drug-likeness (QED) is 0.477. The van der Waals surface area contributed by atoms with Gasteiger partial charge in [0.15, 0.2) is 7.05 Å². The number of nitroso groups, excluding NO2 is 1. The summed E-state index contributed by atoms with van der Waals surface area (Å²) in [5, 5.41) is 5.14. The molecule has 7 nitrogen and oxygen atoms in total. The van der Waals surface area contributed by atoms with Gasteiger partial charge < -0.3 is 14.3 Å². The van der Waals surface area contributed by atoms with Crippen LogP contribution >= 0.6 is 23.2 Å². The number of benzene rings is 2. The molecule has 166 valence electrons. The van der Waals surface area contributed by atoms with Crippen LogP contribution in [0.3, 0.4) is 0 Å². The Balaban J connectivity index is 1.57. The highest BCUT2D eigenvalue weighted by Crippen LogP contribution is 2.34. The number of amides is 1. The zero-order valence-corrected chi connectivity index (χ0v) is 19.5. The molecular formula is C23H23Cl2N4O3+. The molecule has 9 heteroatoms. The number of rotatable bonds is 4. The normalized spacial score (nSPS) is 16.3. The van der Waals surface area contributed by atoms with Gasteiger partial charge in [0.25, 0.3) is 11.6 Å². The summed E-state index contributed by atoms with van der Waals surface area (Å²) < 4.78 is 6.15. The van der Waals surface area contributed by atoms with Crippen LogP contribution in [0.1, 0.15) is 23.0 Å². The van der Waals surface area contributed by atoms with E-state index in [9.17, 15) is 9.70 Å². The maximum Gasteiger partial charge on any atom is 0.260 e. The van der Waals surface area contributed by atoms with E-state index in [1.165, 1.54) is 7.05 Å². The van der Waals surface area contributed by atoms with Crippen LogP contribution in [-0.2, 0) is 0 Å². The van der Waals surface area contributed by atoms with Gasteiger partial charge in [0.1, 0.15) is 17.0 Å². The SMILES string of the molecule is Cc1onc(-c2ccccc2Cl)c1C(=O)N1CCN(c2ccc([N+](C)=O)cc2Cl)CC1C. The largest absolute Gasteiger partial charge is 0.366 e. The highest BCUT2D eigenvalue weighted by atomic mass is 35.5. The van der Waals surface area contributed by atoms with Crippen molar-refractivity contribution >= 4 is 40.5 Å². The molecule has 1 aromatic heterocycles. The Bertz CT molecular complexity index is 1190. The molecule has 1 fully saturated rings. The number of hydrogen-bond donors (Lipinski definition) is 0. The third-order valence-electron chi connectivity index (χ3n) is 5.73. The Morgan fingerprint density at radius 2 is 1.91 bits per heavy atom. The van der Waals surface area contributed by atoms with E-state index in [2.05, 4.69) is 10.1 Å². The van der Waals surface area contributed by atoms with E-state index in [0.29, 0.717) is 57.9 Å². The summed E-state index contributed by atoms with van der Waals surface area (Å²) in [6.07, 6.45) is 0. The second kappa shape index (κ2) is 8.92. The minimum Gasteiger partial charge on any atom is -0.366 e. The van der Waals surface area contributed by atoms with E-state index < -0.39 is 0 Å². The molecule has 2 aromatic carbocycles. The lowest BCUT2D eigenvalue weighted by molar-refractivity contribution is -0.428. The Labute approximate surface area is 196 Å². The molecule has 0 aliphatic carbocycles. The molecule has 32 heavy (non-hydrogen) atoms. The molecular weight excluding hydrogens is 451 g/mol. The van der Waals surface area contributed by atoms with Crippen molar-refractivity contribution in [1.29, 1.82) is 0 Å². The van der Waals surface area contributed by atoms with Gasteiger partial charge in [-0.2, -0.15) is 0 Å². The molecule has 2 heterocycles. The summed E-state index contributed by atoms with van der Waals surface area (Å²) in [4.78, 5) is 29.0. The highest BCUT2D eigenvalue weighted by molar-refractivity contribution is 6.33. The summed E-state index contributed by atoms with van der Waals surface area (Å²) in [5.41, 5.74) is 2.88. The zero-order chi connectivity index (χ0) is 23.0. The van der Waals surface area contributed by atoms with Crippen molar-refractivity contribution in [1.82, 2.24) is 10.1 Å². The lowest BCUT2D eigenvalue weighted by Crippen LogP contribution is -2.54. The van der Waals surface area contributed by atoms with Crippen molar-refractivity contribution in [2.75, 3.05) is 31.6 Å². The highest BCUT2D eigenvalue weighted by Gasteiger charge is 2.33. The van der Waals surface area contributed by atoms with Crippen molar-refractivity contribution in [2.45, 2.75) is 19.9 Å². The number of aryl methyl sites for hydroxylation is 1. The fraction of sp³-hybridized carbons (Fsp3) is 0.304. The van der Waals surface area contributed by atoms with Gasteiger partial charge in [-0.3, -0.25) is 4.79 Å². The molecule has 4 rings (SSSR count). The molecule has 1 aliphatic heterocycles. The lowest BCUT2D eigenvalue weighted by Gasteiger charge is -2.41. The average Bonchev–Trinajstić information content (AvgIpc) is 3.14. The van der Waals surface area contributed by atoms with Crippen LogP contribution in [0.4, 0.5) is 11.4 Å². The van der Waals surface area contributed by atoms with Crippen LogP contribution in [-0.4, -0.2) is 53.4 Å². The first-order valence-corrected chi connectivity index (χ1v) is 11.0. The first-order valence-electron chi connectivity index (χ1n) is 10.3. The van der Waals surface area contributed by atoms with E-state index in [4.69, 9.17) is 27.7 Å². The lowest BCUT2D eigenvalue weighted by atomic mass is 10.0. The number of carbonyl (C=O) groups is 1. The maximum atomic E-state index is 13.5. The third kappa shape index (κ3) is 4.10. The van der Waals surface area contributed by atoms with Crippen molar-refractivity contribution in [3.63, 3.8) is 0 Å². The summed E-state index contributed by atoms with van der Waals surface area (Å²) >= 11 is 12.8. The molecule has 1 amide bonds. The third-order valence-corrected chi connectivity index (χ3v) is 6.36. The average molecular weight is 474 g/mol. The van der Waals surface area contributed by atoms with Crippen molar-refractivity contribution < 1.29 is 14.1 Å². The minimum absolute atomic E-state index is 0.0810. The van der Waals surface area contributed by atoms with Gasteiger partial charge in [-0.1, -0.05) is 46.6 Å². The summed E-state index contributed by atoms with van der Waals surface area (Å²) in [6.45, 7) is 5.44. The maximum absolute atomic E-state index is 13.5. The minimum atomic E-state index is -0.139. The molecule has 0 N–H and O–H groups in total. The van der Waals surface area contributed by atoms with Crippen molar-refractivity contribution in [3.8, 4) is 11.3 Å². The molecule has 0 radical (unpaired) electrons. The Morgan fingerprint density at radius 3 is 2.56 bits per heavy atom. The fourth-order valence-electron chi connectivity index (χ4n) is 4.03. The van der Waals surface area contributed by atoms with Crippen LogP contribution in [0.2, 0.25) is 10.0 Å². The number of nitrogens with zero attached hydrogens (tertiary/aromatic N) is 4. The van der Waals surface area contributed by atoms with E-state index in [-0.39, 0.29) is 11.9 Å². The molecule has 0 bridgehead atoms. The van der Waals surface area contributed by atoms with Crippen LogP contribution in [0, 0.1) is 11.8 Å². The zero-order valence-electron chi connectivity index (χ0n) is 18.0. The number of halogens is 2. The molecule has 1 aliphatic rings. The molecule has 0 spiro atoms. The van der Waals surface area contributed by atoms with Gasteiger partial charge in [0.2, 0.25) is 0 Å². The van der Waals surface area contributed by atoms with Crippen molar-refractivity contribution in [3.05, 3.63) is 68.7 Å². The van der Waals surface area contributed by atoms with E-state index in [0.717, 1.165) is 10.4 Å². The summed E-state index contributed by atoms with van der Waals surface area (Å²) in [6, 6.07) is 12.4. The topological polar surface area (TPSA) is 69.7 Å². The van der Waals surface area contributed by atoms with Crippen LogP contribution in [0.15, 0.2) is 47.0 Å². The van der Waals surface area contributed by atoms with E-state index in [1.807, 2.05) is 36.1 Å². The van der Waals surface area contributed by atoms with Gasteiger partial charge in [-0.25, -0.2) is 0 Å². The van der Waals surface area contributed by atoms with Gasteiger partial charge in [0.05, 0.1) is 15.7 Å². The molecule has 1 atom stereocenters. The number of hydrogen-bond acceptors (Lipinski definition) is 5. The number of anilines is 1. The van der Waals surface area contributed by atoms with Crippen molar-refractivity contribution in [2.24, 2.45) is 0 Å². The second-order valence-electron chi connectivity index (χ2n) is 7.87. The van der Waals surface area contributed by atoms with Crippen LogP contribution in [0.25, 0.3) is 11.3 Å². The smallest absolute Gasteiger partial charge is 0.260 e. The van der Waals surface area contributed by atoms with E-state index >= 15 is 0 Å². The fourth-order valence-corrected chi connectivity index (χ4v) is 4.55. The monoisotopic (exact) mass is 473 g/mol. The Kier molecular flexibility index (Phi) is 6.22. The molecule has 1 unspecified atom stereocenters. The predicted molar refractivity (Wildman–Crippen MR) is 125 cm³/mol. The van der Waals surface area contributed by atoms with Gasteiger partial charge in [-0.15, -0.1) is 0 Å². The first kappa shape index (κ1) is 22.3. The molecule has 3 aromatic rings. The Morgan fingerprint density at radius 1 is 1.16 bits per heavy atom. The summed E-state index contributed by atoms with van der Waals surface area (Å²) in [7, 11) is 1.43. The molecule has 0 saturated carbocycles. The predicted octanol–water partition coefficient (Wildman–Crippen LogP) is 5.35. The Hall–Kier alpha value is -2.90. The number of aromatic nitrogens is 1. The van der Waals surface area contributed by atoms with E-state index in [1.54, 1.807) is 25.1 Å². The second-order valence-corrected chi connectivity index (χ2v) is 8.68.